The molecule has 0 fully saturated rings. The largest absolute Gasteiger partial charge is 0.289 e. The van der Waals surface area contributed by atoms with E-state index in [-0.39, 0.29) is 11.3 Å². The van der Waals surface area contributed by atoms with Crippen molar-refractivity contribution in [1.82, 2.24) is 10.4 Å². The maximum Gasteiger partial charge on any atom is 0.284 e. The van der Waals surface area contributed by atoms with Gasteiger partial charge in [0.05, 0.1) is 5.56 Å². The summed E-state index contributed by atoms with van der Waals surface area (Å²) in [4.78, 5) is 24.3. The first-order chi connectivity index (χ1) is 6.19. The second kappa shape index (κ2) is 3.72. The lowest BCUT2D eigenvalue weighted by molar-refractivity contribution is 0.0947. The number of carbonyl (C=O) groups excluding carboxylic acids is 2. The molecule has 0 aliphatic heterocycles. The van der Waals surface area contributed by atoms with Crippen LogP contribution in [0.3, 0.4) is 0 Å². The van der Waals surface area contributed by atoms with Crippen LogP contribution in [0.15, 0.2) is 12.1 Å². The van der Waals surface area contributed by atoms with E-state index in [4.69, 9.17) is 5.84 Å². The fourth-order valence-electron chi connectivity index (χ4n) is 0.759. The van der Waals surface area contributed by atoms with Crippen molar-refractivity contribution in [3.63, 3.8) is 0 Å². The van der Waals surface area contributed by atoms with Crippen LogP contribution in [0.1, 0.15) is 16.1 Å². The Labute approximate surface area is 72.7 Å². The highest BCUT2D eigenvalue weighted by molar-refractivity contribution is 5.99. The van der Waals surface area contributed by atoms with Crippen molar-refractivity contribution in [3.05, 3.63) is 29.3 Å². The van der Waals surface area contributed by atoms with E-state index in [1.807, 2.05) is 0 Å². The normalized spacial score (nSPS) is 9.38. The molecule has 1 amide bonds. The molecule has 1 radical (unpaired) electrons. The molecule has 5 nitrogen and oxygen atoms in total. The molecule has 0 atom stereocenters. The summed E-state index contributed by atoms with van der Waals surface area (Å²) < 4.78 is 12.5. The summed E-state index contributed by atoms with van der Waals surface area (Å²) in [6, 6.07) is 2.05. The summed E-state index contributed by atoms with van der Waals surface area (Å²) in [5, 5.41) is 0. The van der Waals surface area contributed by atoms with Gasteiger partial charge in [-0.15, -0.1) is 0 Å². The monoisotopic (exact) mass is 182 g/mol. The zero-order chi connectivity index (χ0) is 9.84. The van der Waals surface area contributed by atoms with Crippen molar-refractivity contribution in [2.24, 2.45) is 5.84 Å². The lowest BCUT2D eigenvalue weighted by Crippen LogP contribution is -2.31. The van der Waals surface area contributed by atoms with Crippen molar-refractivity contribution in [2.45, 2.75) is 0 Å². The van der Waals surface area contributed by atoms with Gasteiger partial charge < -0.3 is 0 Å². The van der Waals surface area contributed by atoms with Gasteiger partial charge in [0.15, 0.2) is 0 Å². The fraction of sp³-hybridized carbons (Fsp3) is 0. The Morgan fingerprint density at radius 1 is 1.62 bits per heavy atom. The van der Waals surface area contributed by atoms with Crippen LogP contribution in [0, 0.1) is 5.95 Å². The molecule has 1 aromatic rings. The molecule has 0 unspecified atom stereocenters. The quantitative estimate of drug-likeness (QED) is 0.273. The van der Waals surface area contributed by atoms with Gasteiger partial charge in [-0.3, -0.25) is 15.0 Å². The van der Waals surface area contributed by atoms with E-state index in [1.54, 1.807) is 5.43 Å². The third-order valence-electron chi connectivity index (χ3n) is 1.32. The zero-order valence-electron chi connectivity index (χ0n) is 6.37. The van der Waals surface area contributed by atoms with E-state index in [1.165, 1.54) is 6.29 Å². The summed E-state index contributed by atoms with van der Waals surface area (Å²) in [5.41, 5.74) is 1.22. The second-order valence-corrected chi connectivity index (χ2v) is 2.11. The molecular weight excluding hydrogens is 177 g/mol. The van der Waals surface area contributed by atoms with Crippen molar-refractivity contribution in [2.75, 3.05) is 0 Å². The molecule has 0 aliphatic carbocycles. The van der Waals surface area contributed by atoms with Gasteiger partial charge in [-0.1, -0.05) is 0 Å². The Bertz CT molecular complexity index is 354. The molecule has 0 bridgehead atoms. The Kier molecular flexibility index (Phi) is 2.65. The molecule has 67 valence electrons. The Balaban J connectivity index is 3.23. The Morgan fingerprint density at radius 2 is 2.31 bits per heavy atom. The predicted octanol–water partition coefficient (Wildman–Crippen LogP) is -0.718. The lowest BCUT2D eigenvalue weighted by Gasteiger charge is -2.00. The summed E-state index contributed by atoms with van der Waals surface area (Å²) in [6.07, 6.45) is 1.44. The number of nitrogens with zero attached hydrogens (tertiary/aromatic N) is 1. The smallest absolute Gasteiger partial charge is 0.284 e. The van der Waals surface area contributed by atoms with Crippen LogP contribution in [0.5, 0.6) is 0 Å². The van der Waals surface area contributed by atoms with Crippen LogP contribution in [0.2, 0.25) is 0 Å². The van der Waals surface area contributed by atoms with Gasteiger partial charge >= 0.3 is 0 Å². The minimum atomic E-state index is -0.863. The number of amides is 1. The molecule has 1 heterocycles. The minimum absolute atomic E-state index is 0.135. The van der Waals surface area contributed by atoms with Crippen LogP contribution in [0.4, 0.5) is 4.39 Å². The Morgan fingerprint density at radius 3 is 2.85 bits per heavy atom. The number of pyridine rings is 1. The van der Waals surface area contributed by atoms with Crippen molar-refractivity contribution < 1.29 is 14.0 Å². The second-order valence-electron chi connectivity index (χ2n) is 2.11. The van der Waals surface area contributed by atoms with Crippen LogP contribution >= 0.6 is 0 Å². The first-order valence-electron chi connectivity index (χ1n) is 3.24. The molecule has 0 spiro atoms. The highest BCUT2D eigenvalue weighted by Crippen LogP contribution is 2.04. The van der Waals surface area contributed by atoms with E-state index in [0.29, 0.717) is 0 Å². The summed E-state index contributed by atoms with van der Waals surface area (Å²) in [7, 11) is 0. The van der Waals surface area contributed by atoms with E-state index in [0.717, 1.165) is 12.1 Å². The topological polar surface area (TPSA) is 85.1 Å². The lowest BCUT2D eigenvalue weighted by atomic mass is 10.2. The van der Waals surface area contributed by atoms with Crippen LogP contribution < -0.4 is 11.3 Å². The third-order valence-corrected chi connectivity index (χ3v) is 1.32. The number of nitrogen functional groups attached to an aromatic ring is 1. The highest BCUT2D eigenvalue weighted by atomic mass is 19.1. The molecule has 0 saturated heterocycles. The maximum absolute atomic E-state index is 12.5. The number of hydrogen-bond donors (Lipinski definition) is 2. The number of hydrogen-bond acceptors (Lipinski definition) is 4. The molecule has 13 heavy (non-hydrogen) atoms. The molecule has 0 aromatic carbocycles. The van der Waals surface area contributed by atoms with Crippen molar-refractivity contribution >= 4 is 12.2 Å². The van der Waals surface area contributed by atoms with Crippen LogP contribution in [0.25, 0.3) is 0 Å². The average molecular weight is 182 g/mol. The van der Waals surface area contributed by atoms with E-state index in [9.17, 15) is 14.0 Å². The van der Waals surface area contributed by atoms with E-state index >= 15 is 0 Å². The third kappa shape index (κ3) is 1.85. The standard InChI is InChI=1S/C7H5FN3O2/c8-5-2-1-4(3-12)6(10-5)7(13)11-9/h1-2H,9H2,(H,11,13). The number of nitrogens with one attached hydrogen (secondary N) is 1. The first-order valence-corrected chi connectivity index (χ1v) is 3.24. The Hall–Kier alpha value is -1.82. The van der Waals surface area contributed by atoms with Gasteiger partial charge in [0.25, 0.3) is 5.91 Å². The zero-order valence-corrected chi connectivity index (χ0v) is 6.37. The number of halogens is 1. The number of rotatable bonds is 2. The van der Waals surface area contributed by atoms with Gasteiger partial charge in [0.2, 0.25) is 12.2 Å². The molecule has 1 rings (SSSR count). The number of hydrazine groups is 1. The van der Waals surface area contributed by atoms with Crippen molar-refractivity contribution in [3.8, 4) is 0 Å². The van der Waals surface area contributed by atoms with Gasteiger partial charge in [0, 0.05) is 0 Å². The van der Waals surface area contributed by atoms with Gasteiger partial charge in [0.1, 0.15) is 5.69 Å². The summed E-state index contributed by atoms with van der Waals surface area (Å²) >= 11 is 0. The molecule has 0 saturated carbocycles. The minimum Gasteiger partial charge on any atom is -0.289 e. The summed E-state index contributed by atoms with van der Waals surface area (Å²) in [5.74, 6) is 3.09. The number of aromatic nitrogens is 1. The molecule has 0 aliphatic rings. The van der Waals surface area contributed by atoms with E-state index in [2.05, 4.69) is 4.98 Å². The number of nitrogens with two attached hydrogens (primary N) is 1. The molecule has 3 N–H and O–H groups in total. The van der Waals surface area contributed by atoms with Gasteiger partial charge in [-0.05, 0) is 12.1 Å². The predicted molar refractivity (Wildman–Crippen MR) is 40.6 cm³/mol. The highest BCUT2D eigenvalue weighted by Gasteiger charge is 2.12. The molecule has 1 aromatic heterocycles. The van der Waals surface area contributed by atoms with Crippen molar-refractivity contribution in [1.29, 1.82) is 0 Å². The van der Waals surface area contributed by atoms with Gasteiger partial charge in [-0.25, -0.2) is 10.8 Å². The molecule has 6 heteroatoms. The first kappa shape index (κ1) is 9.27. The average Bonchev–Trinajstić information content (AvgIpc) is 2.16. The fourth-order valence-corrected chi connectivity index (χ4v) is 0.759. The molecular formula is C7H5FN3O2. The van der Waals surface area contributed by atoms with Gasteiger partial charge in [-0.2, -0.15) is 4.39 Å². The maximum atomic E-state index is 12.5. The SMILES string of the molecule is NNC(=O)c1nc(F)ccc1[C]=O. The van der Waals surface area contributed by atoms with E-state index < -0.39 is 11.9 Å². The summed E-state index contributed by atoms with van der Waals surface area (Å²) in [6.45, 7) is 0. The number of carbonyl (C=O) groups is 1. The van der Waals surface area contributed by atoms with Crippen LogP contribution in [-0.2, 0) is 4.79 Å². The van der Waals surface area contributed by atoms with Crippen LogP contribution in [-0.4, -0.2) is 17.2 Å².